The maximum atomic E-state index is 12.7. The molecule has 1 aromatic rings. The molecular weight excluding hydrogens is 407 g/mol. The van der Waals surface area contributed by atoms with Gasteiger partial charge in [0, 0.05) is 29.4 Å². The van der Waals surface area contributed by atoms with Crippen LogP contribution in [0, 0.1) is 16.0 Å². The lowest BCUT2D eigenvalue weighted by atomic mass is 10.1. The number of hydrogen-bond acceptors (Lipinski definition) is 5. The highest BCUT2D eigenvalue weighted by Crippen LogP contribution is 2.39. The Bertz CT molecular complexity index is 757. The maximum Gasteiger partial charge on any atom is 0.302 e. The van der Waals surface area contributed by atoms with Crippen molar-refractivity contribution >= 4 is 55.0 Å². The molecule has 0 bridgehead atoms. The van der Waals surface area contributed by atoms with E-state index in [1.807, 2.05) is 0 Å². The molecule has 0 N–H and O–H groups in total. The Morgan fingerprint density at radius 2 is 2.14 bits per heavy atom. The minimum atomic E-state index is -4.72. The van der Waals surface area contributed by atoms with Crippen LogP contribution in [0.1, 0.15) is 6.42 Å². The standard InChI is InChI=1S/C11H9BrClFN2O5S/c12-7-2-10(16(18)19)9(3-8(7)13)15-4-6(1-11(15)17)5-22(14,20)21/h2-3,6H,1,4-5H2. The molecule has 1 amide bonds. The van der Waals surface area contributed by atoms with Crippen LogP contribution in [0.3, 0.4) is 0 Å². The lowest BCUT2D eigenvalue weighted by molar-refractivity contribution is -0.384. The molecule has 11 heteroatoms. The Morgan fingerprint density at radius 3 is 2.68 bits per heavy atom. The van der Waals surface area contributed by atoms with Crippen molar-refractivity contribution in [2.24, 2.45) is 5.92 Å². The number of carbonyl (C=O) groups is 1. The lowest BCUT2D eigenvalue weighted by Gasteiger charge is -2.17. The molecule has 1 unspecified atom stereocenters. The maximum absolute atomic E-state index is 12.7. The van der Waals surface area contributed by atoms with Gasteiger partial charge in [0.05, 0.1) is 15.7 Å². The number of nitro groups is 1. The number of rotatable bonds is 4. The van der Waals surface area contributed by atoms with Crippen LogP contribution >= 0.6 is 27.5 Å². The molecule has 1 fully saturated rings. The number of nitro benzene ring substituents is 1. The van der Waals surface area contributed by atoms with Gasteiger partial charge in [-0.05, 0) is 22.0 Å². The van der Waals surface area contributed by atoms with Crippen LogP contribution in [0.5, 0.6) is 0 Å². The molecule has 120 valence electrons. The first-order valence-corrected chi connectivity index (χ1v) is 8.67. The molecule has 1 atom stereocenters. The van der Waals surface area contributed by atoms with Crippen molar-refractivity contribution in [2.75, 3.05) is 17.2 Å². The minimum absolute atomic E-state index is 0.0399. The lowest BCUT2D eigenvalue weighted by Crippen LogP contribution is -2.26. The number of benzene rings is 1. The van der Waals surface area contributed by atoms with Crippen LogP contribution in [0.2, 0.25) is 5.02 Å². The zero-order valence-electron chi connectivity index (χ0n) is 10.8. The van der Waals surface area contributed by atoms with E-state index in [2.05, 4.69) is 15.9 Å². The summed E-state index contributed by atoms with van der Waals surface area (Å²) in [7, 11) is -4.72. The molecule has 22 heavy (non-hydrogen) atoms. The van der Waals surface area contributed by atoms with E-state index in [1.165, 1.54) is 6.07 Å². The molecule has 1 aromatic carbocycles. The van der Waals surface area contributed by atoms with E-state index in [0.717, 1.165) is 11.0 Å². The van der Waals surface area contributed by atoms with Gasteiger partial charge in [0.15, 0.2) is 0 Å². The van der Waals surface area contributed by atoms with Crippen molar-refractivity contribution in [3.63, 3.8) is 0 Å². The second kappa shape index (κ2) is 6.09. The number of carbonyl (C=O) groups excluding carboxylic acids is 1. The van der Waals surface area contributed by atoms with Gasteiger partial charge in [0.1, 0.15) is 5.69 Å². The topological polar surface area (TPSA) is 97.6 Å². The Labute approximate surface area is 138 Å². The van der Waals surface area contributed by atoms with E-state index in [-0.39, 0.29) is 29.4 Å². The Balaban J connectivity index is 2.38. The average Bonchev–Trinajstić information content (AvgIpc) is 2.70. The van der Waals surface area contributed by atoms with Crippen LogP contribution in [0.15, 0.2) is 16.6 Å². The van der Waals surface area contributed by atoms with E-state index >= 15 is 0 Å². The molecule has 1 aliphatic heterocycles. The first kappa shape index (κ1) is 17.1. The predicted octanol–water partition coefficient (Wildman–Crippen LogP) is 2.66. The highest BCUT2D eigenvalue weighted by atomic mass is 79.9. The van der Waals surface area contributed by atoms with Crippen LogP contribution < -0.4 is 4.90 Å². The normalized spacial score (nSPS) is 18.8. The van der Waals surface area contributed by atoms with Gasteiger partial charge in [-0.25, -0.2) is 0 Å². The molecule has 2 rings (SSSR count). The number of amides is 1. The van der Waals surface area contributed by atoms with E-state index in [9.17, 15) is 27.2 Å². The molecular formula is C11H9BrClFN2O5S. The molecule has 1 saturated heterocycles. The molecule has 1 heterocycles. The molecule has 0 saturated carbocycles. The Hall–Kier alpha value is -1.26. The monoisotopic (exact) mass is 414 g/mol. The largest absolute Gasteiger partial charge is 0.306 e. The molecule has 0 aliphatic carbocycles. The summed E-state index contributed by atoms with van der Waals surface area (Å²) in [6.07, 6.45) is -0.200. The highest BCUT2D eigenvalue weighted by molar-refractivity contribution is 9.10. The molecule has 0 spiro atoms. The second-order valence-corrected chi connectivity index (χ2v) is 7.46. The smallest absolute Gasteiger partial charge is 0.302 e. The first-order chi connectivity index (χ1) is 10.1. The Morgan fingerprint density at radius 1 is 1.50 bits per heavy atom. The van der Waals surface area contributed by atoms with Crippen LogP contribution in [0.25, 0.3) is 0 Å². The van der Waals surface area contributed by atoms with Crippen molar-refractivity contribution < 1.29 is 22.0 Å². The van der Waals surface area contributed by atoms with Gasteiger partial charge in [-0.3, -0.25) is 14.9 Å². The van der Waals surface area contributed by atoms with Gasteiger partial charge in [-0.15, -0.1) is 3.89 Å². The number of anilines is 1. The summed E-state index contributed by atoms with van der Waals surface area (Å²) < 4.78 is 34.4. The van der Waals surface area contributed by atoms with Gasteiger partial charge < -0.3 is 4.90 Å². The molecule has 1 aliphatic rings. The zero-order valence-corrected chi connectivity index (χ0v) is 14.0. The Kier molecular flexibility index (Phi) is 4.73. The molecule has 0 aromatic heterocycles. The summed E-state index contributed by atoms with van der Waals surface area (Å²) >= 11 is 8.95. The van der Waals surface area contributed by atoms with Gasteiger partial charge in [-0.1, -0.05) is 11.6 Å². The highest BCUT2D eigenvalue weighted by Gasteiger charge is 2.36. The van der Waals surface area contributed by atoms with Gasteiger partial charge in [-0.2, -0.15) is 8.42 Å². The summed E-state index contributed by atoms with van der Waals surface area (Å²) in [4.78, 5) is 23.5. The summed E-state index contributed by atoms with van der Waals surface area (Å²) in [6, 6.07) is 2.40. The van der Waals surface area contributed by atoms with Crippen LogP contribution in [0.4, 0.5) is 15.3 Å². The minimum Gasteiger partial charge on any atom is -0.306 e. The summed E-state index contributed by atoms with van der Waals surface area (Å²) in [5.74, 6) is -2.08. The van der Waals surface area contributed by atoms with Crippen molar-refractivity contribution in [1.29, 1.82) is 0 Å². The van der Waals surface area contributed by atoms with Gasteiger partial charge in [0.25, 0.3) is 5.69 Å². The van der Waals surface area contributed by atoms with Gasteiger partial charge >= 0.3 is 10.2 Å². The van der Waals surface area contributed by atoms with Crippen molar-refractivity contribution in [2.45, 2.75) is 6.42 Å². The fraction of sp³-hybridized carbons (Fsp3) is 0.364. The fourth-order valence-electron chi connectivity index (χ4n) is 2.30. The quantitative estimate of drug-likeness (QED) is 0.428. The second-order valence-electron chi connectivity index (χ2n) is 4.79. The number of nitrogens with zero attached hydrogens (tertiary/aromatic N) is 2. The van der Waals surface area contributed by atoms with Crippen LogP contribution in [-0.4, -0.2) is 31.5 Å². The third-order valence-electron chi connectivity index (χ3n) is 3.14. The van der Waals surface area contributed by atoms with E-state index in [0.29, 0.717) is 4.47 Å². The summed E-state index contributed by atoms with van der Waals surface area (Å²) in [5, 5.41) is 11.3. The fourth-order valence-corrected chi connectivity index (χ4v) is 3.57. The van der Waals surface area contributed by atoms with Crippen LogP contribution in [-0.2, 0) is 15.0 Å². The summed E-state index contributed by atoms with van der Waals surface area (Å²) in [5.41, 5.74) is -0.393. The van der Waals surface area contributed by atoms with Gasteiger partial charge in [0.2, 0.25) is 5.91 Å². The predicted molar refractivity (Wildman–Crippen MR) is 81.2 cm³/mol. The number of halogens is 3. The SMILES string of the molecule is O=C1CC(CS(=O)(=O)F)CN1c1cc(Cl)c(Br)cc1[N+](=O)[O-]. The van der Waals surface area contributed by atoms with Crippen molar-refractivity contribution in [1.82, 2.24) is 0 Å². The third-order valence-corrected chi connectivity index (χ3v) is 5.21. The van der Waals surface area contributed by atoms with E-state index in [1.54, 1.807) is 0 Å². The molecule has 0 radical (unpaired) electrons. The van der Waals surface area contributed by atoms with Crippen molar-refractivity contribution in [3.8, 4) is 0 Å². The first-order valence-electron chi connectivity index (χ1n) is 5.94. The average molecular weight is 416 g/mol. The third kappa shape index (κ3) is 3.73. The van der Waals surface area contributed by atoms with Crippen molar-refractivity contribution in [3.05, 3.63) is 31.7 Å². The van der Waals surface area contributed by atoms with E-state index in [4.69, 9.17) is 11.6 Å². The zero-order chi connectivity index (χ0) is 16.7. The number of hydrogen-bond donors (Lipinski definition) is 0. The summed E-state index contributed by atoms with van der Waals surface area (Å²) in [6.45, 7) is -0.124. The molecule has 7 nitrogen and oxygen atoms in total. The van der Waals surface area contributed by atoms with E-state index < -0.39 is 32.7 Å².